The maximum absolute atomic E-state index is 11.5. The maximum atomic E-state index is 11.5. The summed E-state index contributed by atoms with van der Waals surface area (Å²) >= 11 is 0. The van der Waals surface area contributed by atoms with E-state index in [4.69, 9.17) is 10.00 Å². The number of ether oxygens (including phenoxy) is 1. The van der Waals surface area contributed by atoms with Crippen molar-refractivity contribution < 1.29 is 9.53 Å². The van der Waals surface area contributed by atoms with Gasteiger partial charge in [-0.15, -0.1) is 0 Å². The topological polar surface area (TPSA) is 74.2 Å². The second kappa shape index (κ2) is 8.95. The SMILES string of the molecule is COCCCNC(=O)CCNc1cccc(C#N)c1. The van der Waals surface area contributed by atoms with E-state index in [1.54, 1.807) is 19.2 Å². The van der Waals surface area contributed by atoms with Crippen LogP contribution in [-0.4, -0.2) is 32.7 Å². The predicted octanol–water partition coefficient (Wildman–Crippen LogP) is 1.51. The summed E-state index contributed by atoms with van der Waals surface area (Å²) in [5.74, 6) is 0.0139. The number of hydrogen-bond acceptors (Lipinski definition) is 4. The molecule has 1 amide bonds. The molecule has 0 radical (unpaired) electrons. The molecule has 0 aliphatic rings. The summed E-state index contributed by atoms with van der Waals surface area (Å²) in [6.45, 7) is 1.83. The third-order valence-electron chi connectivity index (χ3n) is 2.52. The number of carbonyl (C=O) groups is 1. The Morgan fingerprint density at radius 3 is 3.00 bits per heavy atom. The first-order valence-electron chi connectivity index (χ1n) is 6.26. The van der Waals surface area contributed by atoms with Crippen LogP contribution in [0.4, 0.5) is 5.69 Å². The molecule has 1 aromatic carbocycles. The standard InChI is InChI=1S/C14H19N3O2/c1-19-9-3-7-17-14(18)6-8-16-13-5-2-4-12(10-13)11-15/h2,4-5,10,16H,3,6-9H2,1H3,(H,17,18). The van der Waals surface area contributed by atoms with Crippen LogP contribution >= 0.6 is 0 Å². The molecule has 0 unspecified atom stereocenters. The van der Waals surface area contributed by atoms with Gasteiger partial charge in [0.2, 0.25) is 5.91 Å². The van der Waals surface area contributed by atoms with E-state index in [-0.39, 0.29) is 5.91 Å². The molecule has 5 heteroatoms. The highest BCUT2D eigenvalue weighted by atomic mass is 16.5. The minimum absolute atomic E-state index is 0.0139. The van der Waals surface area contributed by atoms with Gasteiger partial charge in [-0.05, 0) is 24.6 Å². The number of nitriles is 1. The third kappa shape index (κ3) is 6.43. The van der Waals surface area contributed by atoms with Crippen molar-refractivity contribution in [3.05, 3.63) is 29.8 Å². The number of nitrogens with one attached hydrogen (secondary N) is 2. The van der Waals surface area contributed by atoms with Gasteiger partial charge in [0.15, 0.2) is 0 Å². The van der Waals surface area contributed by atoms with Crippen molar-refractivity contribution in [1.29, 1.82) is 5.26 Å². The minimum Gasteiger partial charge on any atom is -0.385 e. The van der Waals surface area contributed by atoms with E-state index in [0.717, 1.165) is 12.1 Å². The van der Waals surface area contributed by atoms with Crippen LogP contribution in [-0.2, 0) is 9.53 Å². The third-order valence-corrected chi connectivity index (χ3v) is 2.52. The number of anilines is 1. The fourth-order valence-electron chi connectivity index (χ4n) is 1.55. The normalized spacial score (nSPS) is 9.68. The van der Waals surface area contributed by atoms with Crippen LogP contribution in [0, 0.1) is 11.3 Å². The van der Waals surface area contributed by atoms with Gasteiger partial charge in [-0.2, -0.15) is 5.26 Å². The van der Waals surface area contributed by atoms with Gasteiger partial charge in [-0.3, -0.25) is 4.79 Å². The highest BCUT2D eigenvalue weighted by Crippen LogP contribution is 2.09. The average Bonchev–Trinajstić information content (AvgIpc) is 2.44. The number of methoxy groups -OCH3 is 1. The molecule has 0 heterocycles. The van der Waals surface area contributed by atoms with Crippen molar-refractivity contribution in [3.63, 3.8) is 0 Å². The first-order valence-corrected chi connectivity index (χ1v) is 6.26. The Kier molecular flexibility index (Phi) is 7.06. The Bertz CT molecular complexity index is 441. The summed E-state index contributed by atoms with van der Waals surface area (Å²) in [4.78, 5) is 11.5. The van der Waals surface area contributed by atoms with Crippen LogP contribution in [0.3, 0.4) is 0 Å². The largest absolute Gasteiger partial charge is 0.385 e. The van der Waals surface area contributed by atoms with Crippen LogP contribution in [0.25, 0.3) is 0 Å². The second-order valence-corrected chi connectivity index (χ2v) is 4.07. The van der Waals surface area contributed by atoms with E-state index in [1.165, 1.54) is 0 Å². The number of benzene rings is 1. The molecule has 2 N–H and O–H groups in total. The Morgan fingerprint density at radius 2 is 2.26 bits per heavy atom. The Hall–Kier alpha value is -2.06. The van der Waals surface area contributed by atoms with Gasteiger partial charge < -0.3 is 15.4 Å². The zero-order chi connectivity index (χ0) is 13.9. The van der Waals surface area contributed by atoms with Gasteiger partial charge in [0.1, 0.15) is 0 Å². The van der Waals surface area contributed by atoms with Crippen molar-refractivity contribution in [2.45, 2.75) is 12.8 Å². The molecule has 5 nitrogen and oxygen atoms in total. The van der Waals surface area contributed by atoms with E-state index in [9.17, 15) is 4.79 Å². The summed E-state index contributed by atoms with van der Waals surface area (Å²) in [5.41, 5.74) is 1.46. The molecule has 1 rings (SSSR count). The predicted molar refractivity (Wildman–Crippen MR) is 73.8 cm³/mol. The molecule has 0 bridgehead atoms. The van der Waals surface area contributed by atoms with Crippen molar-refractivity contribution in [3.8, 4) is 6.07 Å². The Labute approximate surface area is 113 Å². The lowest BCUT2D eigenvalue weighted by atomic mass is 10.2. The number of rotatable bonds is 8. The summed E-state index contributed by atoms with van der Waals surface area (Å²) < 4.78 is 4.89. The number of hydrogen-bond donors (Lipinski definition) is 2. The highest BCUT2D eigenvalue weighted by Gasteiger charge is 2.00. The molecule has 0 saturated carbocycles. The van der Waals surface area contributed by atoms with E-state index in [2.05, 4.69) is 16.7 Å². The number of nitrogens with zero attached hydrogens (tertiary/aromatic N) is 1. The van der Waals surface area contributed by atoms with Crippen LogP contribution in [0.1, 0.15) is 18.4 Å². The van der Waals surface area contributed by atoms with Gasteiger partial charge >= 0.3 is 0 Å². The van der Waals surface area contributed by atoms with Crippen LogP contribution in [0.15, 0.2) is 24.3 Å². The Balaban J connectivity index is 2.19. The van der Waals surface area contributed by atoms with Gasteiger partial charge in [-0.25, -0.2) is 0 Å². The second-order valence-electron chi connectivity index (χ2n) is 4.07. The van der Waals surface area contributed by atoms with E-state index in [0.29, 0.717) is 31.7 Å². The molecule has 0 fully saturated rings. The molecule has 0 aromatic heterocycles. The summed E-state index contributed by atoms with van der Waals surface area (Å²) in [6.07, 6.45) is 1.23. The highest BCUT2D eigenvalue weighted by molar-refractivity contribution is 5.76. The van der Waals surface area contributed by atoms with Crippen molar-refractivity contribution in [1.82, 2.24) is 5.32 Å². The van der Waals surface area contributed by atoms with E-state index >= 15 is 0 Å². The molecule has 0 atom stereocenters. The average molecular weight is 261 g/mol. The quantitative estimate of drug-likeness (QED) is 0.696. The van der Waals surface area contributed by atoms with E-state index < -0.39 is 0 Å². The zero-order valence-corrected chi connectivity index (χ0v) is 11.1. The summed E-state index contributed by atoms with van der Waals surface area (Å²) in [6, 6.07) is 9.26. The first-order chi connectivity index (χ1) is 9.26. The van der Waals surface area contributed by atoms with Crippen LogP contribution < -0.4 is 10.6 Å². The van der Waals surface area contributed by atoms with Gasteiger partial charge in [0.25, 0.3) is 0 Å². The fourth-order valence-corrected chi connectivity index (χ4v) is 1.55. The minimum atomic E-state index is 0.0139. The molecule has 0 saturated heterocycles. The molecular formula is C14H19N3O2. The lowest BCUT2D eigenvalue weighted by Gasteiger charge is -2.07. The first kappa shape index (κ1) is 15.0. The molecule has 19 heavy (non-hydrogen) atoms. The molecule has 102 valence electrons. The smallest absolute Gasteiger partial charge is 0.221 e. The molecule has 0 aliphatic heterocycles. The van der Waals surface area contributed by atoms with Crippen LogP contribution in [0.2, 0.25) is 0 Å². The summed E-state index contributed by atoms with van der Waals surface area (Å²) in [7, 11) is 1.64. The van der Waals surface area contributed by atoms with Gasteiger partial charge in [0, 0.05) is 38.9 Å². The molecule has 0 aliphatic carbocycles. The van der Waals surface area contributed by atoms with E-state index in [1.807, 2.05) is 12.1 Å². The van der Waals surface area contributed by atoms with Crippen molar-refractivity contribution >= 4 is 11.6 Å². The lowest BCUT2D eigenvalue weighted by molar-refractivity contribution is -0.120. The molecular weight excluding hydrogens is 242 g/mol. The number of amides is 1. The Morgan fingerprint density at radius 1 is 1.42 bits per heavy atom. The molecule has 0 spiro atoms. The summed E-state index contributed by atoms with van der Waals surface area (Å²) in [5, 5.41) is 14.7. The van der Waals surface area contributed by atoms with Crippen LogP contribution in [0.5, 0.6) is 0 Å². The van der Waals surface area contributed by atoms with Gasteiger partial charge in [0.05, 0.1) is 11.6 Å². The van der Waals surface area contributed by atoms with Crippen molar-refractivity contribution in [2.75, 3.05) is 32.1 Å². The van der Waals surface area contributed by atoms with Crippen molar-refractivity contribution in [2.24, 2.45) is 0 Å². The number of carbonyl (C=O) groups excluding carboxylic acids is 1. The fraction of sp³-hybridized carbons (Fsp3) is 0.429. The van der Waals surface area contributed by atoms with Gasteiger partial charge in [-0.1, -0.05) is 6.07 Å². The molecule has 1 aromatic rings. The zero-order valence-electron chi connectivity index (χ0n) is 11.1. The maximum Gasteiger partial charge on any atom is 0.221 e. The monoisotopic (exact) mass is 261 g/mol. The lowest BCUT2D eigenvalue weighted by Crippen LogP contribution is -2.26.